The second-order valence-electron chi connectivity index (χ2n) is 13.2. The van der Waals surface area contributed by atoms with E-state index in [2.05, 4.69) is 32.5 Å². The van der Waals surface area contributed by atoms with Gasteiger partial charge in [-0.25, -0.2) is 15.0 Å². The van der Waals surface area contributed by atoms with Gasteiger partial charge in [-0.1, -0.05) is 102 Å². The van der Waals surface area contributed by atoms with Crippen molar-refractivity contribution in [3.05, 3.63) is 48.5 Å². The molecule has 1 fully saturated rings. The molecule has 4 N–H and O–H groups in total. The zero-order chi connectivity index (χ0) is 36.8. The van der Waals surface area contributed by atoms with E-state index >= 15 is 0 Å². The summed E-state index contributed by atoms with van der Waals surface area (Å²) in [6, 6.07) is 8.72. The van der Waals surface area contributed by atoms with E-state index in [9.17, 15) is 19.8 Å². The van der Waals surface area contributed by atoms with Crippen LogP contribution in [-0.2, 0) is 23.7 Å². The molecule has 14 nitrogen and oxygen atoms in total. The van der Waals surface area contributed by atoms with Crippen LogP contribution >= 0.6 is 0 Å². The first kappa shape index (κ1) is 41.2. The number of ether oxygens (including phenoxy) is 4. The minimum atomic E-state index is -1.16. The number of hydrogen-bond donors (Lipinski definition) is 4. The smallest absolute Gasteiger partial charge is 0.256 e. The van der Waals surface area contributed by atoms with Crippen LogP contribution in [0.2, 0.25) is 0 Å². The molecule has 288 valence electrons. The minimum Gasteiger partial charge on any atom is -0.394 e. The number of carbonyl (C=O) groups is 2. The Morgan fingerprint density at radius 1 is 0.865 bits per heavy atom. The molecule has 0 radical (unpaired) electrons. The fourth-order valence-electron chi connectivity index (χ4n) is 6.23. The summed E-state index contributed by atoms with van der Waals surface area (Å²) in [6.45, 7) is 2.99. The summed E-state index contributed by atoms with van der Waals surface area (Å²) in [5, 5.41) is 26.3. The number of hydrogen-bond acceptors (Lipinski definition) is 11. The fourth-order valence-corrected chi connectivity index (χ4v) is 6.23. The molecule has 3 heterocycles. The van der Waals surface area contributed by atoms with Crippen LogP contribution in [0.25, 0.3) is 11.2 Å². The molecular weight excluding hydrogens is 668 g/mol. The van der Waals surface area contributed by atoms with E-state index in [1.54, 1.807) is 28.8 Å². The van der Waals surface area contributed by atoms with Crippen molar-refractivity contribution >= 4 is 28.8 Å². The quantitative estimate of drug-likeness (QED) is 0.0592. The lowest BCUT2D eigenvalue weighted by Crippen LogP contribution is -2.36. The summed E-state index contributed by atoms with van der Waals surface area (Å²) in [5.41, 5.74) is 1.12. The third-order valence-corrected chi connectivity index (χ3v) is 9.19. The number of carbonyl (C=O) groups excluding carboxylic acids is 2. The number of fused-ring (bicyclic) bond motifs is 1. The molecule has 14 heteroatoms. The molecule has 0 bridgehead atoms. The Morgan fingerprint density at radius 3 is 2.23 bits per heavy atom. The van der Waals surface area contributed by atoms with E-state index in [0.29, 0.717) is 42.9 Å². The number of aliphatic hydroxyl groups is 2. The predicted octanol–water partition coefficient (Wildman–Crippen LogP) is 5.30. The average molecular weight is 727 g/mol. The van der Waals surface area contributed by atoms with Gasteiger partial charge in [0.1, 0.15) is 31.4 Å². The standard InChI is InChI=1S/C38H58N6O8/c1-2-3-4-5-6-7-8-9-10-11-12-13-17-20-31(46)39-21-22-49-23-24-50-28-51-34-33(47)30(25-45)52-38(34)44-27-42-32-35(40-26-41-36(32)44)43-37(48)29-18-15-14-16-19-29/h14-16,18-19,26-27,30,33-34,38,45,47H,2-13,17,20-25,28H2,1H3,(H,39,46)(H,40,41,43,48)/t30-,33?,34?,38-/m1/s1. The van der Waals surface area contributed by atoms with Gasteiger partial charge in [-0.3, -0.25) is 14.2 Å². The Labute approximate surface area is 307 Å². The molecule has 0 aliphatic carbocycles. The van der Waals surface area contributed by atoms with Crippen molar-refractivity contribution in [2.24, 2.45) is 0 Å². The number of aliphatic hydroxyl groups excluding tert-OH is 2. The van der Waals surface area contributed by atoms with E-state index in [1.165, 1.54) is 83.3 Å². The van der Waals surface area contributed by atoms with Crippen molar-refractivity contribution < 1.29 is 38.7 Å². The molecule has 2 aromatic heterocycles. The summed E-state index contributed by atoms with van der Waals surface area (Å²) in [5.74, 6) is -0.0879. The van der Waals surface area contributed by atoms with E-state index in [1.807, 2.05) is 6.07 Å². The van der Waals surface area contributed by atoms with Gasteiger partial charge in [-0.05, 0) is 18.6 Å². The number of benzene rings is 1. The molecule has 3 aromatic rings. The third kappa shape index (κ3) is 13.5. The van der Waals surface area contributed by atoms with Crippen molar-refractivity contribution in [3.63, 3.8) is 0 Å². The molecule has 1 aliphatic rings. The largest absolute Gasteiger partial charge is 0.394 e. The van der Waals surface area contributed by atoms with Gasteiger partial charge in [-0.2, -0.15) is 0 Å². The van der Waals surface area contributed by atoms with Crippen molar-refractivity contribution in [1.29, 1.82) is 0 Å². The summed E-state index contributed by atoms with van der Waals surface area (Å²) >= 11 is 0. The predicted molar refractivity (Wildman–Crippen MR) is 197 cm³/mol. The van der Waals surface area contributed by atoms with E-state index in [4.69, 9.17) is 18.9 Å². The fraction of sp³-hybridized carbons (Fsp3) is 0.658. The SMILES string of the molecule is CCCCCCCCCCCCCCCC(=O)NCCOCCOCOC1C(O)[C@@H](CO)O[C@H]1n1cnc2c(NC(=O)c3ccccc3)ncnc21. The maximum absolute atomic E-state index is 12.7. The Bertz CT molecular complexity index is 1440. The molecular formula is C38H58N6O8. The van der Waals surface area contributed by atoms with Gasteiger partial charge >= 0.3 is 0 Å². The summed E-state index contributed by atoms with van der Waals surface area (Å²) in [6.07, 6.45) is 16.0. The van der Waals surface area contributed by atoms with Crippen LogP contribution in [0, 0.1) is 0 Å². The zero-order valence-electron chi connectivity index (χ0n) is 30.6. The summed E-state index contributed by atoms with van der Waals surface area (Å²) in [4.78, 5) is 37.8. The molecule has 0 saturated carbocycles. The van der Waals surface area contributed by atoms with Crippen molar-refractivity contribution in [1.82, 2.24) is 24.8 Å². The minimum absolute atomic E-state index is 0.0506. The van der Waals surface area contributed by atoms with Crippen LogP contribution in [-0.4, -0.2) is 99.6 Å². The highest BCUT2D eigenvalue weighted by Crippen LogP contribution is 2.34. The number of nitrogens with zero attached hydrogens (tertiary/aromatic N) is 4. The number of rotatable bonds is 27. The van der Waals surface area contributed by atoms with Crippen LogP contribution < -0.4 is 10.6 Å². The van der Waals surface area contributed by atoms with Crippen LogP contribution in [0.5, 0.6) is 0 Å². The number of nitrogens with one attached hydrogen (secondary N) is 2. The first-order valence-electron chi connectivity index (χ1n) is 19.1. The maximum atomic E-state index is 12.7. The van der Waals surface area contributed by atoms with Gasteiger partial charge < -0.3 is 39.8 Å². The van der Waals surface area contributed by atoms with Gasteiger partial charge in [0.15, 0.2) is 23.2 Å². The van der Waals surface area contributed by atoms with Gasteiger partial charge in [0.25, 0.3) is 5.91 Å². The Hall–Kier alpha value is -3.53. The van der Waals surface area contributed by atoms with E-state index in [0.717, 1.165) is 12.8 Å². The zero-order valence-corrected chi connectivity index (χ0v) is 30.6. The second kappa shape index (κ2) is 23.9. The third-order valence-electron chi connectivity index (χ3n) is 9.19. The topological polar surface area (TPSA) is 179 Å². The monoisotopic (exact) mass is 726 g/mol. The Morgan fingerprint density at radius 2 is 1.54 bits per heavy atom. The Kier molecular flexibility index (Phi) is 19.0. The molecule has 4 atom stereocenters. The van der Waals surface area contributed by atoms with Gasteiger partial charge in [0, 0.05) is 18.5 Å². The highest BCUT2D eigenvalue weighted by Gasteiger charge is 2.46. The normalized spacial score (nSPS) is 18.6. The van der Waals surface area contributed by atoms with E-state index in [-0.39, 0.29) is 31.0 Å². The molecule has 1 saturated heterocycles. The van der Waals surface area contributed by atoms with Crippen molar-refractivity contribution in [2.75, 3.05) is 45.1 Å². The first-order valence-corrected chi connectivity index (χ1v) is 19.1. The summed E-state index contributed by atoms with van der Waals surface area (Å²) in [7, 11) is 0. The number of anilines is 1. The number of imidazole rings is 1. The molecule has 2 unspecified atom stereocenters. The van der Waals surface area contributed by atoms with Crippen molar-refractivity contribution in [3.8, 4) is 0 Å². The number of aromatic nitrogens is 4. The number of amides is 2. The van der Waals surface area contributed by atoms with E-state index < -0.39 is 31.1 Å². The molecule has 1 aromatic carbocycles. The maximum Gasteiger partial charge on any atom is 0.256 e. The van der Waals surface area contributed by atoms with Crippen LogP contribution in [0.1, 0.15) is 113 Å². The average Bonchev–Trinajstić information content (AvgIpc) is 3.73. The summed E-state index contributed by atoms with van der Waals surface area (Å²) < 4.78 is 24.5. The van der Waals surface area contributed by atoms with Crippen molar-refractivity contribution in [2.45, 2.75) is 121 Å². The second-order valence-corrected chi connectivity index (χ2v) is 13.2. The lowest BCUT2D eigenvalue weighted by atomic mass is 10.0. The highest BCUT2D eigenvalue weighted by molar-refractivity contribution is 6.06. The highest BCUT2D eigenvalue weighted by atomic mass is 16.7. The lowest BCUT2D eigenvalue weighted by Gasteiger charge is -2.22. The van der Waals surface area contributed by atoms with Crippen LogP contribution in [0.3, 0.4) is 0 Å². The first-order chi connectivity index (χ1) is 25.5. The molecule has 0 spiro atoms. The van der Waals surface area contributed by atoms with Gasteiger partial charge in [0.2, 0.25) is 5.91 Å². The van der Waals surface area contributed by atoms with Crippen LogP contribution in [0.4, 0.5) is 5.82 Å². The molecule has 2 amide bonds. The number of unbranched alkanes of at least 4 members (excludes halogenated alkanes) is 12. The van der Waals surface area contributed by atoms with Crippen LogP contribution in [0.15, 0.2) is 43.0 Å². The molecule has 4 rings (SSSR count). The molecule has 52 heavy (non-hydrogen) atoms. The molecule has 1 aliphatic heterocycles. The van der Waals surface area contributed by atoms with Gasteiger partial charge in [-0.15, -0.1) is 0 Å². The van der Waals surface area contributed by atoms with Gasteiger partial charge in [0.05, 0.1) is 32.8 Å². The Balaban J connectivity index is 1.07. The lowest BCUT2D eigenvalue weighted by molar-refractivity contribution is -0.143.